The predicted octanol–water partition coefficient (Wildman–Crippen LogP) is 0.361. The number of nitrogens with one attached hydrogen (secondary N) is 3. The Labute approximate surface area is 115 Å². The van der Waals surface area contributed by atoms with Crippen LogP contribution in [0.25, 0.3) is 0 Å². The van der Waals surface area contributed by atoms with Gasteiger partial charge >= 0.3 is 6.03 Å². The predicted molar refractivity (Wildman–Crippen MR) is 74.8 cm³/mol. The van der Waals surface area contributed by atoms with Crippen LogP contribution >= 0.6 is 12.4 Å². The molecule has 0 aromatic rings. The lowest BCUT2D eigenvalue weighted by atomic mass is 10.1. The Kier molecular flexibility index (Phi) is 13.4. The van der Waals surface area contributed by atoms with Crippen molar-refractivity contribution in [3.05, 3.63) is 0 Å². The Morgan fingerprint density at radius 2 is 1.89 bits per heavy atom. The van der Waals surface area contributed by atoms with Gasteiger partial charge in [-0.05, 0) is 13.0 Å². The molecule has 1 unspecified atom stereocenters. The Bertz CT molecular complexity index is 239. The van der Waals surface area contributed by atoms with Crippen molar-refractivity contribution in [1.82, 2.24) is 16.0 Å². The lowest BCUT2D eigenvalue weighted by Crippen LogP contribution is -2.49. The number of unbranched alkanes of at least 4 members (excludes halogenated alkanes) is 1. The Hall–Kier alpha value is -1.01. The molecule has 0 radical (unpaired) electrons. The van der Waals surface area contributed by atoms with Crippen molar-refractivity contribution >= 4 is 24.3 Å². The van der Waals surface area contributed by atoms with E-state index in [1.165, 1.54) is 0 Å². The summed E-state index contributed by atoms with van der Waals surface area (Å²) >= 11 is 0. The van der Waals surface area contributed by atoms with Crippen molar-refractivity contribution < 1.29 is 9.59 Å². The van der Waals surface area contributed by atoms with Crippen molar-refractivity contribution in [2.45, 2.75) is 39.2 Å². The highest BCUT2D eigenvalue weighted by molar-refractivity contribution is 5.86. The SMILES string of the molecule is CCCCC(NC(N)=O)C(=O)NCCNCC.Cl. The monoisotopic (exact) mass is 280 g/mol. The maximum absolute atomic E-state index is 11.7. The second-order valence-electron chi connectivity index (χ2n) is 3.85. The molecule has 7 heteroatoms. The molecule has 0 aliphatic heterocycles. The molecule has 0 aliphatic carbocycles. The number of amides is 3. The lowest BCUT2D eigenvalue weighted by molar-refractivity contribution is -0.123. The van der Waals surface area contributed by atoms with Crippen LogP contribution in [0.3, 0.4) is 0 Å². The van der Waals surface area contributed by atoms with Crippen molar-refractivity contribution in [3.8, 4) is 0 Å². The van der Waals surface area contributed by atoms with Gasteiger partial charge in [-0.1, -0.05) is 26.7 Å². The van der Waals surface area contributed by atoms with Gasteiger partial charge in [-0.3, -0.25) is 4.79 Å². The normalized spacial score (nSPS) is 11.2. The molecule has 0 fully saturated rings. The van der Waals surface area contributed by atoms with Crippen LogP contribution in [0.4, 0.5) is 4.79 Å². The number of halogens is 1. The molecule has 0 saturated heterocycles. The fourth-order valence-electron chi connectivity index (χ4n) is 1.42. The lowest BCUT2D eigenvalue weighted by Gasteiger charge is -2.16. The van der Waals surface area contributed by atoms with Crippen LogP contribution in [0.2, 0.25) is 0 Å². The molecule has 18 heavy (non-hydrogen) atoms. The molecule has 1 atom stereocenters. The number of nitrogens with two attached hydrogens (primary N) is 1. The maximum Gasteiger partial charge on any atom is 0.312 e. The first-order valence-corrected chi connectivity index (χ1v) is 6.16. The molecule has 0 saturated carbocycles. The highest BCUT2D eigenvalue weighted by Gasteiger charge is 2.18. The molecular formula is C11H25ClN4O2. The van der Waals surface area contributed by atoms with Gasteiger partial charge in [-0.2, -0.15) is 0 Å². The summed E-state index contributed by atoms with van der Waals surface area (Å²) in [6.45, 7) is 6.18. The van der Waals surface area contributed by atoms with Gasteiger partial charge in [0.1, 0.15) is 6.04 Å². The van der Waals surface area contributed by atoms with Crippen molar-refractivity contribution in [1.29, 1.82) is 0 Å². The number of rotatable bonds is 9. The summed E-state index contributed by atoms with van der Waals surface area (Å²) in [5.41, 5.74) is 5.04. The van der Waals surface area contributed by atoms with E-state index in [1.54, 1.807) is 0 Å². The van der Waals surface area contributed by atoms with E-state index in [-0.39, 0.29) is 18.3 Å². The summed E-state index contributed by atoms with van der Waals surface area (Å²) in [4.78, 5) is 22.5. The maximum atomic E-state index is 11.7. The van der Waals surface area contributed by atoms with Gasteiger partial charge in [0.15, 0.2) is 0 Å². The average Bonchev–Trinajstić information content (AvgIpc) is 2.29. The van der Waals surface area contributed by atoms with Crippen molar-refractivity contribution in [2.24, 2.45) is 5.73 Å². The van der Waals surface area contributed by atoms with Crippen molar-refractivity contribution in [2.75, 3.05) is 19.6 Å². The van der Waals surface area contributed by atoms with E-state index in [0.717, 1.165) is 25.9 Å². The minimum atomic E-state index is -0.659. The summed E-state index contributed by atoms with van der Waals surface area (Å²) in [7, 11) is 0. The van der Waals surface area contributed by atoms with Crippen LogP contribution in [0.1, 0.15) is 33.1 Å². The quantitative estimate of drug-likeness (QED) is 0.459. The van der Waals surface area contributed by atoms with Crippen LogP contribution in [-0.4, -0.2) is 37.6 Å². The summed E-state index contributed by atoms with van der Waals surface area (Å²) in [5.74, 6) is -0.171. The van der Waals surface area contributed by atoms with Crippen LogP contribution < -0.4 is 21.7 Å². The van der Waals surface area contributed by atoms with E-state index in [9.17, 15) is 9.59 Å². The fourth-order valence-corrected chi connectivity index (χ4v) is 1.42. The largest absolute Gasteiger partial charge is 0.353 e. The summed E-state index contributed by atoms with van der Waals surface area (Å²) < 4.78 is 0. The van der Waals surface area contributed by atoms with Gasteiger partial charge in [-0.25, -0.2) is 4.79 Å². The first-order chi connectivity index (χ1) is 8.11. The molecule has 0 bridgehead atoms. The van der Waals surface area contributed by atoms with Crippen LogP contribution in [0.5, 0.6) is 0 Å². The summed E-state index contributed by atoms with van der Waals surface area (Å²) in [5, 5.41) is 8.32. The molecule has 108 valence electrons. The van der Waals surface area contributed by atoms with E-state index >= 15 is 0 Å². The highest BCUT2D eigenvalue weighted by atomic mass is 35.5. The number of hydrogen-bond donors (Lipinski definition) is 4. The molecule has 0 spiro atoms. The first-order valence-electron chi connectivity index (χ1n) is 6.16. The zero-order chi connectivity index (χ0) is 13.1. The molecule has 3 amide bonds. The molecule has 0 aliphatic rings. The molecule has 6 nitrogen and oxygen atoms in total. The van der Waals surface area contributed by atoms with Gasteiger partial charge in [0.25, 0.3) is 0 Å². The third-order valence-electron chi connectivity index (χ3n) is 2.33. The van der Waals surface area contributed by atoms with E-state index < -0.39 is 12.1 Å². The van der Waals surface area contributed by atoms with Crippen LogP contribution in [0, 0.1) is 0 Å². The van der Waals surface area contributed by atoms with Gasteiger partial charge in [0, 0.05) is 13.1 Å². The summed E-state index contributed by atoms with van der Waals surface area (Å²) in [6.07, 6.45) is 2.47. The second-order valence-corrected chi connectivity index (χ2v) is 3.85. The van der Waals surface area contributed by atoms with Crippen LogP contribution in [0.15, 0.2) is 0 Å². The minimum absolute atomic E-state index is 0. The van der Waals surface area contributed by atoms with Gasteiger partial charge in [0.2, 0.25) is 5.91 Å². The smallest absolute Gasteiger partial charge is 0.312 e. The van der Waals surface area contributed by atoms with Crippen molar-refractivity contribution in [3.63, 3.8) is 0 Å². The Balaban J connectivity index is 0. The zero-order valence-corrected chi connectivity index (χ0v) is 11.9. The van der Waals surface area contributed by atoms with Gasteiger partial charge < -0.3 is 21.7 Å². The molecule has 0 aromatic carbocycles. The molecular weight excluding hydrogens is 256 g/mol. The first kappa shape index (κ1) is 19.3. The van der Waals surface area contributed by atoms with E-state index in [4.69, 9.17) is 5.73 Å². The molecule has 0 rings (SSSR count). The minimum Gasteiger partial charge on any atom is -0.353 e. The zero-order valence-electron chi connectivity index (χ0n) is 11.1. The Morgan fingerprint density at radius 1 is 1.22 bits per heavy atom. The second kappa shape index (κ2) is 12.4. The summed E-state index contributed by atoms with van der Waals surface area (Å²) in [6, 6.07) is -1.18. The number of carbonyl (C=O) groups is 2. The van der Waals surface area contributed by atoms with Crippen LogP contribution in [-0.2, 0) is 4.79 Å². The molecule has 0 aromatic heterocycles. The number of primary amides is 1. The highest BCUT2D eigenvalue weighted by Crippen LogP contribution is 2.00. The standard InChI is InChI=1S/C11H24N4O2.ClH/c1-3-5-6-9(15-11(12)17)10(16)14-8-7-13-4-2;/h9,13H,3-8H2,1-2H3,(H,14,16)(H3,12,15,17);1H. The van der Waals surface area contributed by atoms with Gasteiger partial charge in [0.05, 0.1) is 0 Å². The molecule has 0 heterocycles. The third kappa shape index (κ3) is 10.2. The number of hydrogen-bond acceptors (Lipinski definition) is 3. The topological polar surface area (TPSA) is 96.2 Å². The Morgan fingerprint density at radius 3 is 2.39 bits per heavy atom. The van der Waals surface area contributed by atoms with E-state index in [1.807, 2.05) is 13.8 Å². The fraction of sp³-hybridized carbons (Fsp3) is 0.818. The molecule has 5 N–H and O–H groups in total. The van der Waals surface area contributed by atoms with E-state index in [2.05, 4.69) is 16.0 Å². The number of carbonyl (C=O) groups excluding carboxylic acids is 2. The number of likely N-dealkylation sites (N-methyl/N-ethyl adjacent to an activating group) is 1. The third-order valence-corrected chi connectivity index (χ3v) is 2.33. The average molecular weight is 281 g/mol. The van der Waals surface area contributed by atoms with Gasteiger partial charge in [-0.15, -0.1) is 12.4 Å². The number of urea groups is 1. The van der Waals surface area contributed by atoms with E-state index in [0.29, 0.717) is 13.0 Å².